The fourth-order valence-electron chi connectivity index (χ4n) is 1.88. The van der Waals surface area contributed by atoms with Crippen molar-refractivity contribution in [2.45, 2.75) is 35.4 Å². The molecule has 0 radical (unpaired) electrons. The minimum Gasteiger partial charge on any atom is -0.376 e. The standard InChI is InChI=1S/C10H17IO4S/c11-9-6-16(12,13)7-10(9)15-5-4-14-8-2-1-3-8/h8-10H,1-7H2. The monoisotopic (exact) mass is 360 g/mol. The molecule has 1 aliphatic carbocycles. The Morgan fingerprint density at radius 1 is 1.12 bits per heavy atom. The van der Waals surface area contributed by atoms with Crippen LogP contribution < -0.4 is 0 Å². The van der Waals surface area contributed by atoms with E-state index in [2.05, 4.69) is 22.6 Å². The van der Waals surface area contributed by atoms with Crippen molar-refractivity contribution in [1.82, 2.24) is 0 Å². The third-order valence-corrected chi connectivity index (χ3v) is 6.60. The summed E-state index contributed by atoms with van der Waals surface area (Å²) in [6.07, 6.45) is 3.86. The van der Waals surface area contributed by atoms with E-state index >= 15 is 0 Å². The van der Waals surface area contributed by atoms with Crippen LogP contribution in [-0.2, 0) is 19.3 Å². The first-order chi connectivity index (χ1) is 7.57. The largest absolute Gasteiger partial charge is 0.376 e. The Morgan fingerprint density at radius 3 is 2.31 bits per heavy atom. The quantitative estimate of drug-likeness (QED) is 0.420. The molecule has 6 heteroatoms. The number of halogens is 1. The maximum absolute atomic E-state index is 11.3. The van der Waals surface area contributed by atoms with Gasteiger partial charge in [-0.2, -0.15) is 0 Å². The molecule has 4 nitrogen and oxygen atoms in total. The summed E-state index contributed by atoms with van der Waals surface area (Å²) in [7, 11) is -2.86. The highest BCUT2D eigenvalue weighted by molar-refractivity contribution is 14.1. The molecule has 1 saturated heterocycles. The van der Waals surface area contributed by atoms with E-state index < -0.39 is 9.84 Å². The Kier molecular flexibility index (Phi) is 4.48. The van der Waals surface area contributed by atoms with Crippen LogP contribution in [0.1, 0.15) is 19.3 Å². The molecular formula is C10H17IO4S. The van der Waals surface area contributed by atoms with Gasteiger partial charge in [0.05, 0.1) is 40.9 Å². The SMILES string of the molecule is O=S1(=O)CC(I)C(OCCOC2CCC2)C1. The van der Waals surface area contributed by atoms with Crippen LogP contribution in [0.25, 0.3) is 0 Å². The van der Waals surface area contributed by atoms with Crippen molar-refractivity contribution in [3.63, 3.8) is 0 Å². The smallest absolute Gasteiger partial charge is 0.154 e. The number of alkyl halides is 1. The molecular weight excluding hydrogens is 343 g/mol. The lowest BCUT2D eigenvalue weighted by molar-refractivity contribution is -0.0398. The summed E-state index contributed by atoms with van der Waals surface area (Å²) in [6, 6.07) is 0. The summed E-state index contributed by atoms with van der Waals surface area (Å²) in [6.45, 7) is 1.10. The predicted molar refractivity (Wildman–Crippen MR) is 69.8 cm³/mol. The van der Waals surface area contributed by atoms with Gasteiger partial charge in [0.1, 0.15) is 0 Å². The summed E-state index contributed by atoms with van der Waals surface area (Å²) in [4.78, 5) is 0. The fourth-order valence-corrected chi connectivity index (χ4v) is 5.99. The average molecular weight is 360 g/mol. The van der Waals surface area contributed by atoms with Crippen LogP contribution in [0.15, 0.2) is 0 Å². The minimum absolute atomic E-state index is 0.0892. The van der Waals surface area contributed by atoms with Gasteiger partial charge < -0.3 is 9.47 Å². The van der Waals surface area contributed by atoms with Gasteiger partial charge in [0, 0.05) is 0 Å². The van der Waals surface area contributed by atoms with Crippen LogP contribution >= 0.6 is 22.6 Å². The molecule has 2 aliphatic rings. The van der Waals surface area contributed by atoms with E-state index in [4.69, 9.17) is 9.47 Å². The fraction of sp³-hybridized carbons (Fsp3) is 1.00. The molecule has 0 aromatic heterocycles. The first-order valence-corrected chi connectivity index (χ1v) is 8.71. The molecule has 0 N–H and O–H groups in total. The van der Waals surface area contributed by atoms with E-state index in [1.165, 1.54) is 6.42 Å². The van der Waals surface area contributed by atoms with Crippen LogP contribution in [0, 0.1) is 0 Å². The van der Waals surface area contributed by atoms with Crippen LogP contribution in [0.4, 0.5) is 0 Å². The van der Waals surface area contributed by atoms with E-state index in [0.29, 0.717) is 19.3 Å². The molecule has 1 saturated carbocycles. The Bertz CT molecular complexity index is 326. The second-order valence-corrected chi connectivity index (χ2v) is 8.18. The summed E-state index contributed by atoms with van der Waals surface area (Å²) in [5, 5.41) is 0. The third-order valence-electron chi connectivity index (χ3n) is 3.06. The predicted octanol–water partition coefficient (Wildman–Crippen LogP) is 1.17. The molecule has 0 aromatic rings. The van der Waals surface area contributed by atoms with Gasteiger partial charge in [-0.05, 0) is 19.3 Å². The average Bonchev–Trinajstić information content (AvgIpc) is 2.36. The first-order valence-electron chi connectivity index (χ1n) is 5.64. The van der Waals surface area contributed by atoms with E-state index in [-0.39, 0.29) is 21.5 Å². The van der Waals surface area contributed by atoms with Gasteiger partial charge in [0.2, 0.25) is 0 Å². The number of rotatable bonds is 5. The Labute approximate surface area is 110 Å². The topological polar surface area (TPSA) is 52.6 Å². The lowest BCUT2D eigenvalue weighted by Crippen LogP contribution is -2.27. The second-order valence-electron chi connectivity index (χ2n) is 4.43. The molecule has 1 aliphatic heterocycles. The Balaban J connectivity index is 1.62. The molecule has 0 amide bonds. The van der Waals surface area contributed by atoms with Crippen molar-refractivity contribution >= 4 is 32.4 Å². The zero-order valence-electron chi connectivity index (χ0n) is 9.10. The number of hydrogen-bond donors (Lipinski definition) is 0. The van der Waals surface area contributed by atoms with Crippen molar-refractivity contribution in [3.8, 4) is 0 Å². The third kappa shape index (κ3) is 3.54. The zero-order chi connectivity index (χ0) is 11.6. The summed E-state index contributed by atoms with van der Waals surface area (Å²) >= 11 is 2.16. The highest BCUT2D eigenvalue weighted by Gasteiger charge is 2.36. The molecule has 2 rings (SSSR count). The lowest BCUT2D eigenvalue weighted by atomic mass is 9.96. The lowest BCUT2D eigenvalue weighted by Gasteiger charge is -2.25. The highest BCUT2D eigenvalue weighted by Crippen LogP contribution is 2.24. The molecule has 0 bridgehead atoms. The number of ether oxygens (including phenoxy) is 2. The van der Waals surface area contributed by atoms with Gasteiger partial charge in [0.25, 0.3) is 0 Å². The molecule has 2 atom stereocenters. The molecule has 1 heterocycles. The van der Waals surface area contributed by atoms with Gasteiger partial charge >= 0.3 is 0 Å². The summed E-state index contributed by atoms with van der Waals surface area (Å²) in [5.74, 6) is 0.422. The van der Waals surface area contributed by atoms with Gasteiger partial charge in [-0.1, -0.05) is 22.6 Å². The summed E-state index contributed by atoms with van der Waals surface area (Å²) in [5.41, 5.74) is 0. The van der Waals surface area contributed by atoms with Crippen molar-refractivity contribution < 1.29 is 17.9 Å². The minimum atomic E-state index is -2.86. The van der Waals surface area contributed by atoms with E-state index in [1.807, 2.05) is 0 Å². The van der Waals surface area contributed by atoms with E-state index in [0.717, 1.165) is 12.8 Å². The van der Waals surface area contributed by atoms with Crippen molar-refractivity contribution in [1.29, 1.82) is 0 Å². The second kappa shape index (κ2) is 5.49. The van der Waals surface area contributed by atoms with Crippen molar-refractivity contribution in [2.24, 2.45) is 0 Å². The Hall–Kier alpha value is 0.600. The maximum Gasteiger partial charge on any atom is 0.154 e. The van der Waals surface area contributed by atoms with E-state index in [1.54, 1.807) is 0 Å². The first kappa shape index (κ1) is 13.0. The molecule has 0 aromatic carbocycles. The molecule has 94 valence electrons. The van der Waals surface area contributed by atoms with Gasteiger partial charge in [-0.15, -0.1) is 0 Å². The number of sulfone groups is 1. The van der Waals surface area contributed by atoms with Crippen molar-refractivity contribution in [2.75, 3.05) is 24.7 Å². The molecule has 0 spiro atoms. The van der Waals surface area contributed by atoms with Crippen molar-refractivity contribution in [3.05, 3.63) is 0 Å². The highest BCUT2D eigenvalue weighted by atomic mass is 127. The van der Waals surface area contributed by atoms with Crippen LogP contribution in [-0.4, -0.2) is 49.3 Å². The molecule has 2 unspecified atom stereocenters. The van der Waals surface area contributed by atoms with Gasteiger partial charge in [-0.25, -0.2) is 8.42 Å². The van der Waals surface area contributed by atoms with Crippen LogP contribution in [0.2, 0.25) is 0 Å². The summed E-state index contributed by atoms with van der Waals surface area (Å²) < 4.78 is 33.9. The maximum atomic E-state index is 11.3. The van der Waals surface area contributed by atoms with Gasteiger partial charge in [-0.3, -0.25) is 0 Å². The van der Waals surface area contributed by atoms with Crippen LogP contribution in [0.3, 0.4) is 0 Å². The Morgan fingerprint density at radius 2 is 1.81 bits per heavy atom. The zero-order valence-corrected chi connectivity index (χ0v) is 12.1. The van der Waals surface area contributed by atoms with Gasteiger partial charge in [0.15, 0.2) is 9.84 Å². The molecule has 16 heavy (non-hydrogen) atoms. The van der Waals surface area contributed by atoms with Crippen LogP contribution in [0.5, 0.6) is 0 Å². The normalized spacial score (nSPS) is 33.8. The number of hydrogen-bond acceptors (Lipinski definition) is 4. The van der Waals surface area contributed by atoms with E-state index in [9.17, 15) is 8.42 Å². The molecule has 2 fully saturated rings.